The summed E-state index contributed by atoms with van der Waals surface area (Å²) in [5.41, 5.74) is 2.35. The standard InChI is InChI=1S/C15H19BrClN3/c1-15(2,3)18-7-11-8-19-20(9-11)10-12-4-5-13(16)6-14(12)17/h4-6,8-9,18H,7,10H2,1-3H3. The molecule has 5 heteroatoms. The fourth-order valence-corrected chi connectivity index (χ4v) is 2.51. The van der Waals surface area contributed by atoms with Crippen molar-refractivity contribution in [2.24, 2.45) is 0 Å². The van der Waals surface area contributed by atoms with Gasteiger partial charge in [0, 0.05) is 33.3 Å². The number of halogens is 2. The molecule has 1 aromatic heterocycles. The smallest absolute Gasteiger partial charge is 0.0674 e. The predicted octanol–water partition coefficient (Wildman–Crippen LogP) is 4.24. The van der Waals surface area contributed by atoms with Gasteiger partial charge >= 0.3 is 0 Å². The van der Waals surface area contributed by atoms with E-state index < -0.39 is 0 Å². The second kappa shape index (κ2) is 6.29. The number of hydrogen-bond acceptors (Lipinski definition) is 2. The molecule has 0 aliphatic heterocycles. The van der Waals surface area contributed by atoms with Crippen LogP contribution in [-0.2, 0) is 13.1 Å². The summed E-state index contributed by atoms with van der Waals surface area (Å²) in [4.78, 5) is 0. The van der Waals surface area contributed by atoms with E-state index in [0.29, 0.717) is 6.54 Å². The van der Waals surface area contributed by atoms with Crippen molar-refractivity contribution < 1.29 is 0 Å². The zero-order chi connectivity index (χ0) is 14.8. The lowest BCUT2D eigenvalue weighted by Crippen LogP contribution is -2.34. The Balaban J connectivity index is 2.02. The Hall–Kier alpha value is -0.840. The predicted molar refractivity (Wildman–Crippen MR) is 87.1 cm³/mol. The Labute approximate surface area is 133 Å². The first-order chi connectivity index (χ1) is 9.33. The second-order valence-corrected chi connectivity index (χ2v) is 7.21. The summed E-state index contributed by atoms with van der Waals surface area (Å²) in [5.74, 6) is 0. The van der Waals surface area contributed by atoms with Gasteiger partial charge in [-0.05, 0) is 38.5 Å². The molecule has 0 saturated carbocycles. The van der Waals surface area contributed by atoms with Gasteiger partial charge in [0.2, 0.25) is 0 Å². The van der Waals surface area contributed by atoms with Gasteiger partial charge in [0.1, 0.15) is 0 Å². The summed E-state index contributed by atoms with van der Waals surface area (Å²) in [6.07, 6.45) is 3.95. The van der Waals surface area contributed by atoms with Crippen LogP contribution in [-0.4, -0.2) is 15.3 Å². The van der Waals surface area contributed by atoms with Crippen LogP contribution in [0.15, 0.2) is 35.1 Å². The SMILES string of the molecule is CC(C)(C)NCc1cnn(Cc2ccc(Br)cc2Cl)c1. The monoisotopic (exact) mass is 355 g/mol. The Morgan fingerprint density at radius 2 is 2.10 bits per heavy atom. The van der Waals surface area contributed by atoms with Crippen molar-refractivity contribution in [3.63, 3.8) is 0 Å². The summed E-state index contributed by atoms with van der Waals surface area (Å²) in [7, 11) is 0. The van der Waals surface area contributed by atoms with Gasteiger partial charge in [-0.15, -0.1) is 0 Å². The van der Waals surface area contributed by atoms with E-state index in [4.69, 9.17) is 11.6 Å². The Bertz CT molecular complexity index is 587. The van der Waals surface area contributed by atoms with E-state index in [0.717, 1.165) is 21.6 Å². The maximum absolute atomic E-state index is 6.22. The quantitative estimate of drug-likeness (QED) is 0.888. The van der Waals surface area contributed by atoms with Gasteiger partial charge < -0.3 is 5.32 Å². The van der Waals surface area contributed by atoms with Gasteiger partial charge in [0.25, 0.3) is 0 Å². The molecule has 2 aromatic rings. The molecule has 1 heterocycles. The molecule has 1 aromatic carbocycles. The van der Waals surface area contributed by atoms with E-state index in [9.17, 15) is 0 Å². The molecule has 20 heavy (non-hydrogen) atoms. The van der Waals surface area contributed by atoms with Gasteiger partial charge in [0.05, 0.1) is 12.7 Å². The van der Waals surface area contributed by atoms with E-state index in [1.807, 2.05) is 29.1 Å². The number of rotatable bonds is 4. The average Bonchev–Trinajstić information content (AvgIpc) is 2.77. The molecule has 108 valence electrons. The molecule has 0 bridgehead atoms. The van der Waals surface area contributed by atoms with Crippen LogP contribution in [0.25, 0.3) is 0 Å². The van der Waals surface area contributed by atoms with Crippen molar-refractivity contribution in [2.45, 2.75) is 39.4 Å². The van der Waals surface area contributed by atoms with Crippen LogP contribution in [0.5, 0.6) is 0 Å². The molecule has 0 aliphatic carbocycles. The second-order valence-electron chi connectivity index (χ2n) is 5.89. The molecule has 0 unspecified atom stereocenters. The topological polar surface area (TPSA) is 29.9 Å². The van der Waals surface area contributed by atoms with Gasteiger partial charge in [-0.25, -0.2) is 0 Å². The van der Waals surface area contributed by atoms with E-state index in [1.54, 1.807) is 0 Å². The number of benzene rings is 1. The van der Waals surface area contributed by atoms with Crippen LogP contribution in [0.3, 0.4) is 0 Å². The molecular weight excluding hydrogens is 338 g/mol. The molecule has 0 saturated heterocycles. The van der Waals surface area contributed by atoms with E-state index in [-0.39, 0.29) is 5.54 Å². The maximum atomic E-state index is 6.22. The molecule has 0 atom stereocenters. The fraction of sp³-hybridized carbons (Fsp3) is 0.400. The van der Waals surface area contributed by atoms with Crippen LogP contribution < -0.4 is 5.32 Å². The molecule has 0 spiro atoms. The van der Waals surface area contributed by atoms with Crippen molar-refractivity contribution in [2.75, 3.05) is 0 Å². The minimum atomic E-state index is 0.108. The first-order valence-corrected chi connectivity index (χ1v) is 7.71. The molecule has 0 radical (unpaired) electrons. The minimum Gasteiger partial charge on any atom is -0.308 e. The van der Waals surface area contributed by atoms with Gasteiger partial charge in [-0.3, -0.25) is 4.68 Å². The molecule has 0 amide bonds. The zero-order valence-corrected chi connectivity index (χ0v) is 14.3. The summed E-state index contributed by atoms with van der Waals surface area (Å²) < 4.78 is 2.90. The number of aromatic nitrogens is 2. The lowest BCUT2D eigenvalue weighted by molar-refractivity contribution is 0.424. The average molecular weight is 357 g/mol. The number of nitrogens with one attached hydrogen (secondary N) is 1. The first-order valence-electron chi connectivity index (χ1n) is 6.54. The lowest BCUT2D eigenvalue weighted by Gasteiger charge is -2.19. The summed E-state index contributed by atoms with van der Waals surface area (Å²) in [6, 6.07) is 5.91. The molecule has 0 aliphatic rings. The van der Waals surface area contributed by atoms with Crippen LogP contribution in [0.1, 0.15) is 31.9 Å². The molecule has 0 fully saturated rings. The van der Waals surface area contributed by atoms with Crippen LogP contribution in [0.4, 0.5) is 0 Å². The van der Waals surface area contributed by atoms with Crippen LogP contribution in [0, 0.1) is 0 Å². The molecule has 1 N–H and O–H groups in total. The number of nitrogens with zero attached hydrogens (tertiary/aromatic N) is 2. The Kier molecular flexibility index (Phi) is 4.89. The molecule has 2 rings (SSSR count). The number of hydrogen-bond donors (Lipinski definition) is 1. The van der Waals surface area contributed by atoms with Crippen molar-refractivity contribution >= 4 is 27.5 Å². The van der Waals surface area contributed by atoms with Gasteiger partial charge in [0.15, 0.2) is 0 Å². The van der Waals surface area contributed by atoms with E-state index >= 15 is 0 Å². The van der Waals surface area contributed by atoms with Crippen molar-refractivity contribution in [1.82, 2.24) is 15.1 Å². The highest BCUT2D eigenvalue weighted by Crippen LogP contribution is 2.22. The zero-order valence-electron chi connectivity index (χ0n) is 12.0. The summed E-state index contributed by atoms with van der Waals surface area (Å²) >= 11 is 9.63. The fourth-order valence-electron chi connectivity index (χ4n) is 1.78. The third kappa shape index (κ3) is 4.62. The largest absolute Gasteiger partial charge is 0.308 e. The van der Waals surface area contributed by atoms with Gasteiger partial charge in [-0.1, -0.05) is 33.6 Å². The van der Waals surface area contributed by atoms with Crippen LogP contribution >= 0.6 is 27.5 Å². The van der Waals surface area contributed by atoms with Crippen LogP contribution in [0.2, 0.25) is 5.02 Å². The van der Waals surface area contributed by atoms with Crippen molar-refractivity contribution in [1.29, 1.82) is 0 Å². The highest BCUT2D eigenvalue weighted by Gasteiger charge is 2.09. The normalized spacial score (nSPS) is 11.8. The van der Waals surface area contributed by atoms with Crippen molar-refractivity contribution in [3.05, 3.63) is 51.2 Å². The maximum Gasteiger partial charge on any atom is 0.0674 e. The van der Waals surface area contributed by atoms with E-state index in [1.165, 1.54) is 5.56 Å². The molecular formula is C15H19BrClN3. The summed E-state index contributed by atoms with van der Waals surface area (Å²) in [6.45, 7) is 7.95. The molecule has 3 nitrogen and oxygen atoms in total. The third-order valence-corrected chi connectivity index (χ3v) is 3.70. The first kappa shape index (κ1) is 15.5. The van der Waals surface area contributed by atoms with Gasteiger partial charge in [-0.2, -0.15) is 5.10 Å². The lowest BCUT2D eigenvalue weighted by atomic mass is 10.1. The highest BCUT2D eigenvalue weighted by atomic mass is 79.9. The Morgan fingerprint density at radius 1 is 1.35 bits per heavy atom. The minimum absolute atomic E-state index is 0.108. The third-order valence-electron chi connectivity index (χ3n) is 2.86. The van der Waals surface area contributed by atoms with Crippen molar-refractivity contribution in [3.8, 4) is 0 Å². The van der Waals surface area contributed by atoms with E-state index in [2.05, 4.69) is 53.3 Å². The summed E-state index contributed by atoms with van der Waals surface area (Å²) in [5, 5.41) is 8.58. The highest BCUT2D eigenvalue weighted by molar-refractivity contribution is 9.10. The Morgan fingerprint density at radius 3 is 2.75 bits per heavy atom.